The Morgan fingerprint density at radius 1 is 1.29 bits per heavy atom. The molecule has 1 N–H and O–H groups in total. The molecule has 0 aromatic carbocycles. The number of hydrogen-bond donors (Lipinski definition) is 1. The lowest BCUT2D eigenvalue weighted by atomic mass is 10.0. The second kappa shape index (κ2) is 5.96. The van der Waals surface area contributed by atoms with E-state index in [0.717, 1.165) is 0 Å². The Labute approximate surface area is 118 Å². The van der Waals surface area contributed by atoms with Crippen molar-refractivity contribution < 1.29 is 41.0 Å². The number of carbonyl (C=O) groups is 1. The van der Waals surface area contributed by atoms with Gasteiger partial charge in [0.05, 0.1) is 6.42 Å². The summed E-state index contributed by atoms with van der Waals surface area (Å²) < 4.78 is 77.8. The maximum Gasteiger partial charge on any atom is 0.574 e. The van der Waals surface area contributed by atoms with Crippen molar-refractivity contribution in [3.05, 3.63) is 22.9 Å². The molecule has 1 aromatic rings. The molecule has 1 rings (SSSR count). The third-order valence-corrected chi connectivity index (χ3v) is 2.44. The summed E-state index contributed by atoms with van der Waals surface area (Å²) in [6, 6.07) is 0.522. The van der Waals surface area contributed by atoms with Crippen LogP contribution in [0.25, 0.3) is 0 Å². The summed E-state index contributed by atoms with van der Waals surface area (Å²) in [7, 11) is 0. The van der Waals surface area contributed by atoms with Gasteiger partial charge in [0.15, 0.2) is 5.69 Å². The van der Waals surface area contributed by atoms with Crippen LogP contribution in [0.1, 0.15) is 16.8 Å². The van der Waals surface area contributed by atoms with Gasteiger partial charge in [0.1, 0.15) is 0 Å². The van der Waals surface area contributed by atoms with Crippen LogP contribution in [0.5, 0.6) is 5.88 Å². The van der Waals surface area contributed by atoms with Crippen LogP contribution in [-0.2, 0) is 23.3 Å². The zero-order valence-electron chi connectivity index (χ0n) is 9.85. The monoisotopic (exact) mass is 337 g/mol. The molecule has 0 unspecified atom stereocenters. The van der Waals surface area contributed by atoms with E-state index in [4.69, 9.17) is 16.7 Å². The minimum atomic E-state index is -5.24. The molecular formula is C10H6ClF6NO3. The molecule has 0 aliphatic heterocycles. The smallest absolute Gasteiger partial charge is 0.481 e. The summed E-state index contributed by atoms with van der Waals surface area (Å²) in [5.74, 6) is -3.61. The van der Waals surface area contributed by atoms with E-state index in [0.29, 0.717) is 6.07 Å². The Morgan fingerprint density at radius 3 is 2.24 bits per heavy atom. The van der Waals surface area contributed by atoms with Gasteiger partial charge < -0.3 is 9.84 Å². The molecule has 4 nitrogen and oxygen atoms in total. The largest absolute Gasteiger partial charge is 0.574 e. The van der Waals surface area contributed by atoms with E-state index < -0.39 is 53.5 Å². The Balaban J connectivity index is 3.46. The van der Waals surface area contributed by atoms with Crippen LogP contribution in [0, 0.1) is 0 Å². The van der Waals surface area contributed by atoms with Crippen LogP contribution < -0.4 is 4.74 Å². The first-order valence-corrected chi connectivity index (χ1v) is 5.61. The number of halogens is 7. The lowest BCUT2D eigenvalue weighted by Crippen LogP contribution is -2.21. The summed E-state index contributed by atoms with van der Waals surface area (Å²) in [5.41, 5.74) is -3.04. The molecule has 0 saturated heterocycles. The Morgan fingerprint density at radius 2 is 1.86 bits per heavy atom. The maximum absolute atomic E-state index is 12.8. The Bertz CT molecular complexity index is 543. The second-order valence-corrected chi connectivity index (χ2v) is 3.96. The topological polar surface area (TPSA) is 59.4 Å². The van der Waals surface area contributed by atoms with E-state index in [-0.39, 0.29) is 0 Å². The molecule has 0 radical (unpaired) electrons. The maximum atomic E-state index is 12.8. The number of hydrogen-bond acceptors (Lipinski definition) is 3. The number of ether oxygens (including phenoxy) is 1. The quantitative estimate of drug-likeness (QED) is 0.676. The highest BCUT2D eigenvalue weighted by Gasteiger charge is 2.39. The molecule has 11 heteroatoms. The molecule has 0 fully saturated rings. The SMILES string of the molecule is O=C(O)Cc1c(CCl)cc(OC(F)(F)F)nc1C(F)(F)F. The molecule has 21 heavy (non-hydrogen) atoms. The Hall–Kier alpha value is -1.71. The minimum Gasteiger partial charge on any atom is -0.481 e. The number of nitrogens with zero attached hydrogens (tertiary/aromatic N) is 1. The van der Waals surface area contributed by atoms with Crippen molar-refractivity contribution in [1.29, 1.82) is 0 Å². The molecule has 0 bridgehead atoms. The molecule has 118 valence electrons. The highest BCUT2D eigenvalue weighted by atomic mass is 35.5. The number of aromatic nitrogens is 1. The van der Waals surface area contributed by atoms with Gasteiger partial charge in [0, 0.05) is 11.9 Å². The number of aliphatic carboxylic acids is 1. The first-order valence-electron chi connectivity index (χ1n) is 5.07. The molecule has 1 heterocycles. The first-order chi connectivity index (χ1) is 9.44. The number of rotatable bonds is 4. The van der Waals surface area contributed by atoms with E-state index >= 15 is 0 Å². The van der Waals surface area contributed by atoms with Gasteiger partial charge in [-0.15, -0.1) is 24.8 Å². The van der Waals surface area contributed by atoms with Crippen molar-refractivity contribution in [3.8, 4) is 5.88 Å². The van der Waals surface area contributed by atoms with Crippen molar-refractivity contribution in [2.45, 2.75) is 24.8 Å². The normalized spacial score (nSPS) is 12.3. The van der Waals surface area contributed by atoms with Gasteiger partial charge in [-0.1, -0.05) is 0 Å². The fourth-order valence-corrected chi connectivity index (χ4v) is 1.71. The average Bonchev–Trinajstić information content (AvgIpc) is 2.26. The predicted molar refractivity (Wildman–Crippen MR) is 56.8 cm³/mol. The fraction of sp³-hybridized carbons (Fsp3) is 0.400. The van der Waals surface area contributed by atoms with Gasteiger partial charge in [-0.3, -0.25) is 4.79 Å². The van der Waals surface area contributed by atoms with Crippen LogP contribution in [0.3, 0.4) is 0 Å². The van der Waals surface area contributed by atoms with Crippen LogP contribution >= 0.6 is 11.6 Å². The average molecular weight is 338 g/mol. The summed E-state index contributed by atoms with van der Waals surface area (Å²) >= 11 is 5.36. The molecule has 0 amide bonds. The van der Waals surface area contributed by atoms with Crippen molar-refractivity contribution in [3.63, 3.8) is 0 Å². The van der Waals surface area contributed by atoms with Gasteiger partial charge >= 0.3 is 18.5 Å². The summed E-state index contributed by atoms with van der Waals surface area (Å²) in [6.07, 6.45) is -11.5. The van der Waals surface area contributed by atoms with Gasteiger partial charge in [0.25, 0.3) is 0 Å². The summed E-state index contributed by atoms with van der Waals surface area (Å²) in [4.78, 5) is 13.3. The van der Waals surface area contributed by atoms with Gasteiger partial charge in [0.2, 0.25) is 5.88 Å². The van der Waals surface area contributed by atoms with Crippen LogP contribution in [0.15, 0.2) is 6.07 Å². The predicted octanol–water partition coefficient (Wildman–Crippen LogP) is 3.36. The molecule has 0 saturated carbocycles. The number of carboxylic acids is 1. The van der Waals surface area contributed by atoms with Crippen LogP contribution in [0.4, 0.5) is 26.3 Å². The zero-order chi connectivity index (χ0) is 16.4. The Kier molecular flexibility index (Phi) is 4.92. The number of carboxylic acid groups (broad SMARTS) is 1. The third-order valence-electron chi connectivity index (χ3n) is 2.15. The van der Waals surface area contributed by atoms with Crippen molar-refractivity contribution in [1.82, 2.24) is 4.98 Å². The highest BCUT2D eigenvalue weighted by Crippen LogP contribution is 2.35. The van der Waals surface area contributed by atoms with E-state index in [1.165, 1.54) is 0 Å². The standard InChI is InChI=1S/C10H6ClF6NO3/c11-3-4-1-6(21-10(15,16)17)18-8(9(12,13)14)5(4)2-7(19)20/h1H,2-3H2,(H,19,20). The molecule has 0 aliphatic rings. The van der Waals surface area contributed by atoms with Crippen LogP contribution in [0.2, 0.25) is 0 Å². The highest BCUT2D eigenvalue weighted by molar-refractivity contribution is 6.17. The molecule has 0 spiro atoms. The van der Waals surface area contributed by atoms with E-state index in [2.05, 4.69) is 9.72 Å². The lowest BCUT2D eigenvalue weighted by molar-refractivity contribution is -0.276. The van der Waals surface area contributed by atoms with E-state index in [1.807, 2.05) is 0 Å². The lowest BCUT2D eigenvalue weighted by Gasteiger charge is -2.16. The van der Waals surface area contributed by atoms with Gasteiger partial charge in [-0.25, -0.2) is 4.98 Å². The molecule has 0 atom stereocenters. The minimum absolute atomic E-state index is 0.458. The second-order valence-electron chi connectivity index (χ2n) is 3.70. The summed E-state index contributed by atoms with van der Waals surface area (Å²) in [5, 5.41) is 8.58. The molecular weight excluding hydrogens is 332 g/mol. The number of alkyl halides is 7. The van der Waals surface area contributed by atoms with Gasteiger partial charge in [-0.2, -0.15) is 13.2 Å². The van der Waals surface area contributed by atoms with Crippen molar-refractivity contribution >= 4 is 17.6 Å². The third kappa shape index (κ3) is 4.96. The van der Waals surface area contributed by atoms with E-state index in [1.54, 1.807) is 0 Å². The number of pyridine rings is 1. The molecule has 1 aromatic heterocycles. The van der Waals surface area contributed by atoms with Gasteiger partial charge in [-0.05, 0) is 11.1 Å². The fourth-order valence-electron chi connectivity index (χ4n) is 1.47. The van der Waals surface area contributed by atoms with Crippen LogP contribution in [-0.4, -0.2) is 22.4 Å². The van der Waals surface area contributed by atoms with E-state index in [9.17, 15) is 31.1 Å². The zero-order valence-corrected chi connectivity index (χ0v) is 10.6. The van der Waals surface area contributed by atoms with Crippen molar-refractivity contribution in [2.24, 2.45) is 0 Å². The molecule has 0 aliphatic carbocycles. The summed E-state index contributed by atoms with van der Waals surface area (Å²) in [6.45, 7) is 0. The first kappa shape index (κ1) is 17.3. The van der Waals surface area contributed by atoms with Crippen molar-refractivity contribution in [2.75, 3.05) is 0 Å².